The Morgan fingerprint density at radius 1 is 1.00 bits per heavy atom. The van der Waals surface area contributed by atoms with E-state index in [1.165, 1.54) is 0 Å². The van der Waals surface area contributed by atoms with Crippen molar-refractivity contribution >= 4 is 34.3 Å². The van der Waals surface area contributed by atoms with Crippen LogP contribution in [0.2, 0.25) is 0 Å². The van der Waals surface area contributed by atoms with Gasteiger partial charge in [0.05, 0.1) is 0 Å². The Hall–Kier alpha value is -1.51. The number of hydrogen-bond donors (Lipinski definition) is 1. The summed E-state index contributed by atoms with van der Waals surface area (Å²) in [4.78, 5) is 0. The topological polar surface area (TPSA) is 39.2 Å². The molecule has 88 valence electrons. The molecule has 1 aromatic heterocycles. The molecule has 17 heavy (non-hydrogen) atoms. The second-order valence-electron chi connectivity index (χ2n) is 4.14. The number of fused-ring (bicyclic) bond motifs is 3. The van der Waals surface area contributed by atoms with Gasteiger partial charge in [0, 0.05) is 16.8 Å². The highest BCUT2D eigenvalue weighted by Gasteiger charge is 2.07. The number of benzene rings is 2. The summed E-state index contributed by atoms with van der Waals surface area (Å²) < 4.78 is 5.75. The van der Waals surface area contributed by atoms with Crippen molar-refractivity contribution in [2.75, 3.05) is 0 Å². The van der Waals surface area contributed by atoms with Gasteiger partial charge in [0.25, 0.3) is 0 Å². The standard InChI is InChI=1S/C14H13NO.ClH/c1-9(15)10-6-7-14-12(8-10)11-4-2-3-5-13(11)16-14;/h2-9H,15H2,1H3;1H/t9-;/m0./s1. The molecule has 0 saturated carbocycles. The summed E-state index contributed by atoms with van der Waals surface area (Å²) in [5.74, 6) is 0. The largest absolute Gasteiger partial charge is 0.456 e. The Balaban J connectivity index is 0.00000108. The zero-order chi connectivity index (χ0) is 11.1. The minimum Gasteiger partial charge on any atom is -0.456 e. The Labute approximate surface area is 106 Å². The molecule has 0 aliphatic carbocycles. The zero-order valence-electron chi connectivity index (χ0n) is 9.51. The predicted octanol–water partition coefficient (Wildman–Crippen LogP) is 4.03. The van der Waals surface area contributed by atoms with Crippen LogP contribution in [0.3, 0.4) is 0 Å². The first kappa shape index (κ1) is 12.0. The van der Waals surface area contributed by atoms with Crippen LogP contribution >= 0.6 is 12.4 Å². The molecule has 0 spiro atoms. The third-order valence-corrected chi connectivity index (χ3v) is 2.93. The molecule has 0 aliphatic rings. The molecule has 2 nitrogen and oxygen atoms in total. The normalized spacial score (nSPS) is 12.6. The van der Waals surface area contributed by atoms with E-state index in [-0.39, 0.29) is 18.4 Å². The van der Waals surface area contributed by atoms with Crippen LogP contribution in [0.5, 0.6) is 0 Å². The molecule has 3 rings (SSSR count). The monoisotopic (exact) mass is 247 g/mol. The molecule has 1 atom stereocenters. The van der Waals surface area contributed by atoms with E-state index >= 15 is 0 Å². The van der Waals surface area contributed by atoms with Crippen molar-refractivity contribution in [1.29, 1.82) is 0 Å². The molecule has 0 saturated heterocycles. The number of nitrogens with two attached hydrogens (primary N) is 1. The van der Waals surface area contributed by atoms with Crippen LogP contribution in [0.15, 0.2) is 46.9 Å². The van der Waals surface area contributed by atoms with Gasteiger partial charge in [0.2, 0.25) is 0 Å². The average molecular weight is 248 g/mol. The smallest absolute Gasteiger partial charge is 0.135 e. The first-order chi connectivity index (χ1) is 7.75. The lowest BCUT2D eigenvalue weighted by Gasteiger charge is -2.04. The molecule has 0 unspecified atom stereocenters. The van der Waals surface area contributed by atoms with Gasteiger partial charge < -0.3 is 10.2 Å². The lowest BCUT2D eigenvalue weighted by atomic mass is 10.1. The van der Waals surface area contributed by atoms with Crippen molar-refractivity contribution in [2.24, 2.45) is 5.73 Å². The predicted molar refractivity (Wildman–Crippen MR) is 73.6 cm³/mol. The maximum Gasteiger partial charge on any atom is 0.135 e. The first-order valence-corrected chi connectivity index (χ1v) is 5.42. The fourth-order valence-electron chi connectivity index (χ4n) is 2.03. The summed E-state index contributed by atoms with van der Waals surface area (Å²) in [6.45, 7) is 1.99. The van der Waals surface area contributed by atoms with Gasteiger partial charge in [-0.3, -0.25) is 0 Å². The van der Waals surface area contributed by atoms with Gasteiger partial charge in [-0.15, -0.1) is 12.4 Å². The highest BCUT2D eigenvalue weighted by molar-refractivity contribution is 6.04. The molecule has 0 radical (unpaired) electrons. The first-order valence-electron chi connectivity index (χ1n) is 5.42. The number of halogens is 1. The minimum atomic E-state index is 0. The number of rotatable bonds is 1. The van der Waals surface area contributed by atoms with Crippen LogP contribution in [-0.4, -0.2) is 0 Å². The van der Waals surface area contributed by atoms with Crippen molar-refractivity contribution in [3.63, 3.8) is 0 Å². The van der Waals surface area contributed by atoms with Gasteiger partial charge in [-0.2, -0.15) is 0 Å². The van der Waals surface area contributed by atoms with Crippen molar-refractivity contribution in [3.8, 4) is 0 Å². The third kappa shape index (κ3) is 1.90. The van der Waals surface area contributed by atoms with E-state index in [0.29, 0.717) is 0 Å². The summed E-state index contributed by atoms with van der Waals surface area (Å²) >= 11 is 0. The second kappa shape index (κ2) is 4.40. The molecule has 1 heterocycles. The van der Waals surface area contributed by atoms with E-state index < -0.39 is 0 Å². The Morgan fingerprint density at radius 3 is 2.47 bits per heavy atom. The van der Waals surface area contributed by atoms with Gasteiger partial charge in [-0.05, 0) is 30.7 Å². The molecule has 0 fully saturated rings. The molecular weight excluding hydrogens is 234 g/mol. The summed E-state index contributed by atoms with van der Waals surface area (Å²) in [7, 11) is 0. The number of para-hydroxylation sites is 1. The van der Waals surface area contributed by atoms with Crippen molar-refractivity contribution < 1.29 is 4.42 Å². The van der Waals surface area contributed by atoms with E-state index in [2.05, 4.69) is 12.1 Å². The van der Waals surface area contributed by atoms with Crippen LogP contribution < -0.4 is 5.73 Å². The van der Waals surface area contributed by atoms with E-state index in [1.807, 2.05) is 37.3 Å². The molecule has 3 heteroatoms. The Kier molecular flexibility index (Phi) is 3.09. The fraction of sp³-hybridized carbons (Fsp3) is 0.143. The SMILES string of the molecule is C[C@H](N)c1ccc2oc3ccccc3c2c1.Cl. The van der Waals surface area contributed by atoms with Crippen molar-refractivity contribution in [3.05, 3.63) is 48.0 Å². The van der Waals surface area contributed by atoms with Gasteiger partial charge in [-0.25, -0.2) is 0 Å². The van der Waals surface area contributed by atoms with E-state index in [0.717, 1.165) is 27.5 Å². The molecule has 0 aliphatic heterocycles. The zero-order valence-corrected chi connectivity index (χ0v) is 10.3. The maximum atomic E-state index is 5.89. The van der Waals surface area contributed by atoms with Crippen LogP contribution in [-0.2, 0) is 0 Å². The van der Waals surface area contributed by atoms with Crippen molar-refractivity contribution in [2.45, 2.75) is 13.0 Å². The molecule has 3 aromatic rings. The van der Waals surface area contributed by atoms with Crippen LogP contribution in [0.1, 0.15) is 18.5 Å². The summed E-state index contributed by atoms with van der Waals surface area (Å²) in [6, 6.07) is 14.3. The second-order valence-corrected chi connectivity index (χ2v) is 4.14. The van der Waals surface area contributed by atoms with Gasteiger partial charge in [-0.1, -0.05) is 24.3 Å². The van der Waals surface area contributed by atoms with Gasteiger partial charge in [0.1, 0.15) is 11.2 Å². The fourth-order valence-corrected chi connectivity index (χ4v) is 2.03. The highest BCUT2D eigenvalue weighted by Crippen LogP contribution is 2.30. The molecule has 2 N–H and O–H groups in total. The quantitative estimate of drug-likeness (QED) is 0.705. The maximum absolute atomic E-state index is 5.89. The van der Waals surface area contributed by atoms with E-state index in [9.17, 15) is 0 Å². The van der Waals surface area contributed by atoms with Crippen LogP contribution in [0, 0.1) is 0 Å². The highest BCUT2D eigenvalue weighted by atomic mass is 35.5. The average Bonchev–Trinajstić information content (AvgIpc) is 2.66. The Bertz CT molecular complexity index is 657. The number of hydrogen-bond acceptors (Lipinski definition) is 2. The van der Waals surface area contributed by atoms with Crippen molar-refractivity contribution in [1.82, 2.24) is 0 Å². The molecule has 0 bridgehead atoms. The van der Waals surface area contributed by atoms with Gasteiger partial charge >= 0.3 is 0 Å². The van der Waals surface area contributed by atoms with Crippen LogP contribution in [0.25, 0.3) is 21.9 Å². The molecule has 0 amide bonds. The third-order valence-electron chi connectivity index (χ3n) is 2.93. The molecular formula is C14H14ClNO. The lowest BCUT2D eigenvalue weighted by molar-refractivity contribution is 0.668. The minimum absolute atomic E-state index is 0. The Morgan fingerprint density at radius 2 is 1.71 bits per heavy atom. The van der Waals surface area contributed by atoms with Gasteiger partial charge in [0.15, 0.2) is 0 Å². The molecule has 2 aromatic carbocycles. The van der Waals surface area contributed by atoms with E-state index in [1.54, 1.807) is 0 Å². The van der Waals surface area contributed by atoms with Crippen LogP contribution in [0.4, 0.5) is 0 Å². The van der Waals surface area contributed by atoms with E-state index in [4.69, 9.17) is 10.2 Å². The lowest BCUT2D eigenvalue weighted by Crippen LogP contribution is -2.04. The summed E-state index contributed by atoms with van der Waals surface area (Å²) in [5.41, 5.74) is 8.88. The number of furan rings is 1. The summed E-state index contributed by atoms with van der Waals surface area (Å²) in [6.07, 6.45) is 0. The summed E-state index contributed by atoms with van der Waals surface area (Å²) in [5, 5.41) is 2.30.